The molecule has 15 heavy (non-hydrogen) atoms. The Kier molecular flexibility index (Phi) is 4.52. The molecule has 1 aromatic rings. The number of halogens is 1. The number of methoxy groups -OCH3 is 1. The summed E-state index contributed by atoms with van der Waals surface area (Å²) in [5.74, 6) is 0.330. The van der Waals surface area contributed by atoms with Crippen molar-refractivity contribution < 1.29 is 13.9 Å². The molecule has 0 aliphatic heterocycles. The first kappa shape index (κ1) is 11.9. The molecule has 0 heterocycles. The van der Waals surface area contributed by atoms with Crippen molar-refractivity contribution in [2.45, 2.75) is 19.6 Å². The van der Waals surface area contributed by atoms with E-state index in [0.717, 1.165) is 0 Å². The van der Waals surface area contributed by atoms with E-state index in [0.29, 0.717) is 24.5 Å². The van der Waals surface area contributed by atoms with Crippen molar-refractivity contribution in [3.05, 3.63) is 29.6 Å². The molecule has 0 aromatic heterocycles. The van der Waals surface area contributed by atoms with Gasteiger partial charge in [0, 0.05) is 11.6 Å². The Bertz CT molecular complexity index is 315. The highest BCUT2D eigenvalue weighted by Gasteiger charge is 2.05. The van der Waals surface area contributed by atoms with Gasteiger partial charge in [0.1, 0.15) is 11.6 Å². The first-order valence-electron chi connectivity index (χ1n) is 4.79. The Morgan fingerprint density at radius 1 is 1.47 bits per heavy atom. The summed E-state index contributed by atoms with van der Waals surface area (Å²) in [6.45, 7) is 2.60. The van der Waals surface area contributed by atoms with Crippen molar-refractivity contribution in [1.82, 2.24) is 0 Å². The molecule has 0 radical (unpaired) electrons. The van der Waals surface area contributed by atoms with E-state index in [1.54, 1.807) is 13.2 Å². The fourth-order valence-corrected chi connectivity index (χ4v) is 1.21. The van der Waals surface area contributed by atoms with Crippen LogP contribution in [0.2, 0.25) is 0 Å². The zero-order chi connectivity index (χ0) is 11.3. The van der Waals surface area contributed by atoms with Gasteiger partial charge >= 0.3 is 0 Å². The Hall–Kier alpha value is -1.13. The highest BCUT2D eigenvalue weighted by Crippen LogP contribution is 2.19. The van der Waals surface area contributed by atoms with Crippen molar-refractivity contribution in [1.29, 1.82) is 0 Å². The van der Waals surface area contributed by atoms with Gasteiger partial charge < -0.3 is 15.2 Å². The van der Waals surface area contributed by atoms with Crippen molar-refractivity contribution in [3.63, 3.8) is 0 Å². The molecule has 84 valence electrons. The molecule has 1 unspecified atom stereocenters. The molecule has 1 atom stereocenters. The predicted molar refractivity (Wildman–Crippen MR) is 56.3 cm³/mol. The highest BCUT2D eigenvalue weighted by atomic mass is 19.1. The van der Waals surface area contributed by atoms with Crippen LogP contribution in [0.3, 0.4) is 0 Å². The zero-order valence-electron chi connectivity index (χ0n) is 9.00. The van der Waals surface area contributed by atoms with Gasteiger partial charge in [0.25, 0.3) is 0 Å². The minimum atomic E-state index is -0.296. The lowest BCUT2D eigenvalue weighted by atomic mass is 10.2. The van der Waals surface area contributed by atoms with Gasteiger partial charge in [0.15, 0.2) is 0 Å². The van der Waals surface area contributed by atoms with Gasteiger partial charge in [0.05, 0.1) is 20.3 Å². The van der Waals surface area contributed by atoms with E-state index in [1.165, 1.54) is 12.1 Å². The molecule has 0 fully saturated rings. The minimum absolute atomic E-state index is 0.0236. The Morgan fingerprint density at radius 2 is 2.20 bits per heavy atom. The van der Waals surface area contributed by atoms with Crippen molar-refractivity contribution in [2.24, 2.45) is 5.73 Å². The van der Waals surface area contributed by atoms with E-state index in [2.05, 4.69) is 0 Å². The third-order valence-corrected chi connectivity index (χ3v) is 1.88. The van der Waals surface area contributed by atoms with Crippen LogP contribution in [-0.4, -0.2) is 19.8 Å². The monoisotopic (exact) mass is 213 g/mol. The quantitative estimate of drug-likeness (QED) is 0.809. The Labute approximate surface area is 89.0 Å². The van der Waals surface area contributed by atoms with Crippen LogP contribution in [0.25, 0.3) is 0 Å². The fraction of sp³-hybridized carbons (Fsp3) is 0.455. The van der Waals surface area contributed by atoms with E-state index < -0.39 is 0 Å². The average Bonchev–Trinajstić information content (AvgIpc) is 2.17. The van der Waals surface area contributed by atoms with E-state index in [9.17, 15) is 4.39 Å². The van der Waals surface area contributed by atoms with Gasteiger partial charge in [-0.15, -0.1) is 0 Å². The maximum atomic E-state index is 12.9. The molecule has 0 saturated carbocycles. The van der Waals surface area contributed by atoms with Gasteiger partial charge in [-0.25, -0.2) is 4.39 Å². The first-order valence-corrected chi connectivity index (χ1v) is 4.79. The number of nitrogens with two attached hydrogens (primary N) is 1. The van der Waals surface area contributed by atoms with E-state index in [-0.39, 0.29) is 11.9 Å². The van der Waals surface area contributed by atoms with Gasteiger partial charge in [-0.2, -0.15) is 0 Å². The molecule has 0 aliphatic rings. The first-order chi connectivity index (χ1) is 7.13. The van der Waals surface area contributed by atoms with Crippen LogP contribution in [0.4, 0.5) is 4.39 Å². The molecular formula is C11H16FNO2. The molecule has 4 heteroatoms. The SMILES string of the molecule is COc1ccc(F)cc1COCC(C)N. The summed E-state index contributed by atoms with van der Waals surface area (Å²) in [7, 11) is 1.54. The van der Waals surface area contributed by atoms with Gasteiger partial charge in [-0.05, 0) is 25.1 Å². The van der Waals surface area contributed by atoms with Gasteiger partial charge in [0.2, 0.25) is 0 Å². The molecule has 0 bridgehead atoms. The average molecular weight is 213 g/mol. The molecule has 1 rings (SSSR count). The second-order valence-electron chi connectivity index (χ2n) is 3.45. The van der Waals surface area contributed by atoms with Crippen molar-refractivity contribution >= 4 is 0 Å². The maximum absolute atomic E-state index is 12.9. The smallest absolute Gasteiger partial charge is 0.124 e. The number of benzene rings is 1. The van der Waals surface area contributed by atoms with Gasteiger partial charge in [-0.1, -0.05) is 0 Å². The van der Waals surface area contributed by atoms with Crippen LogP contribution >= 0.6 is 0 Å². The third kappa shape index (κ3) is 3.85. The topological polar surface area (TPSA) is 44.5 Å². The Morgan fingerprint density at radius 3 is 2.80 bits per heavy atom. The maximum Gasteiger partial charge on any atom is 0.124 e. The largest absolute Gasteiger partial charge is 0.496 e. The summed E-state index contributed by atoms with van der Waals surface area (Å²) in [5, 5.41) is 0. The van der Waals surface area contributed by atoms with Crippen LogP contribution in [0, 0.1) is 5.82 Å². The fourth-order valence-electron chi connectivity index (χ4n) is 1.21. The van der Waals surface area contributed by atoms with Crippen LogP contribution in [-0.2, 0) is 11.3 Å². The summed E-state index contributed by atoms with van der Waals surface area (Å²) >= 11 is 0. The van der Waals surface area contributed by atoms with Gasteiger partial charge in [-0.3, -0.25) is 0 Å². The Balaban J connectivity index is 2.62. The molecule has 3 nitrogen and oxygen atoms in total. The molecule has 0 amide bonds. The molecule has 0 spiro atoms. The van der Waals surface area contributed by atoms with Crippen molar-refractivity contribution in [3.8, 4) is 5.75 Å². The molecule has 1 aromatic carbocycles. The van der Waals surface area contributed by atoms with Crippen LogP contribution < -0.4 is 10.5 Å². The highest BCUT2D eigenvalue weighted by molar-refractivity contribution is 5.33. The molecule has 0 saturated heterocycles. The van der Waals surface area contributed by atoms with E-state index >= 15 is 0 Å². The summed E-state index contributed by atoms with van der Waals surface area (Å²) in [6.07, 6.45) is 0. The number of hydrogen-bond donors (Lipinski definition) is 1. The predicted octanol–water partition coefficient (Wildman–Crippen LogP) is 1.70. The summed E-state index contributed by atoms with van der Waals surface area (Å²) < 4.78 is 23.3. The lowest BCUT2D eigenvalue weighted by molar-refractivity contribution is 0.109. The lowest BCUT2D eigenvalue weighted by Crippen LogP contribution is -2.21. The normalized spacial score (nSPS) is 12.5. The lowest BCUT2D eigenvalue weighted by Gasteiger charge is -2.10. The summed E-state index contributed by atoms with van der Waals surface area (Å²) in [4.78, 5) is 0. The number of rotatable bonds is 5. The van der Waals surface area contributed by atoms with Crippen LogP contribution in [0.1, 0.15) is 12.5 Å². The molecular weight excluding hydrogens is 197 g/mol. The number of hydrogen-bond acceptors (Lipinski definition) is 3. The zero-order valence-corrected chi connectivity index (χ0v) is 9.00. The summed E-state index contributed by atoms with van der Waals surface area (Å²) in [6, 6.07) is 4.32. The second kappa shape index (κ2) is 5.68. The minimum Gasteiger partial charge on any atom is -0.496 e. The molecule has 2 N–H and O–H groups in total. The standard InChI is InChI=1S/C11H16FNO2/c1-8(13)6-15-7-9-5-10(12)3-4-11(9)14-2/h3-5,8H,6-7,13H2,1-2H3. The van der Waals surface area contributed by atoms with E-state index in [1.807, 2.05) is 6.92 Å². The summed E-state index contributed by atoms with van der Waals surface area (Å²) in [5.41, 5.74) is 6.22. The molecule has 0 aliphatic carbocycles. The van der Waals surface area contributed by atoms with E-state index in [4.69, 9.17) is 15.2 Å². The van der Waals surface area contributed by atoms with Crippen molar-refractivity contribution in [2.75, 3.05) is 13.7 Å². The van der Waals surface area contributed by atoms with Crippen LogP contribution in [0.5, 0.6) is 5.75 Å². The number of ether oxygens (including phenoxy) is 2. The van der Waals surface area contributed by atoms with Crippen LogP contribution in [0.15, 0.2) is 18.2 Å². The second-order valence-corrected chi connectivity index (χ2v) is 3.45. The third-order valence-electron chi connectivity index (χ3n) is 1.88.